The standard InChI is InChI=1S/C16H21ClN2O4S/c1-10-6-11(2)16(14(17)7-10)18-15(21)8-19(12(3)20)13-4-5-24(22,23)9-13/h6-7,13H,4-5,8-9H2,1-3H3,(H,18,21). The van der Waals surface area contributed by atoms with Crippen molar-refractivity contribution in [3.8, 4) is 0 Å². The van der Waals surface area contributed by atoms with Crippen LogP contribution in [0.5, 0.6) is 0 Å². The molecular formula is C16H21ClN2O4S. The van der Waals surface area contributed by atoms with E-state index in [1.165, 1.54) is 11.8 Å². The molecule has 1 fully saturated rings. The number of anilines is 1. The molecule has 6 nitrogen and oxygen atoms in total. The normalized spacial score (nSPS) is 19.1. The fraction of sp³-hybridized carbons (Fsp3) is 0.500. The third-order valence-corrected chi connectivity index (χ3v) is 6.11. The number of sulfone groups is 1. The minimum Gasteiger partial charge on any atom is -0.330 e. The maximum atomic E-state index is 12.3. The van der Waals surface area contributed by atoms with Gasteiger partial charge in [0.05, 0.1) is 22.2 Å². The molecule has 0 saturated carbocycles. The minimum atomic E-state index is -3.13. The van der Waals surface area contributed by atoms with Crippen molar-refractivity contribution >= 4 is 38.9 Å². The quantitative estimate of drug-likeness (QED) is 0.875. The van der Waals surface area contributed by atoms with E-state index in [0.29, 0.717) is 17.1 Å². The van der Waals surface area contributed by atoms with Gasteiger partial charge in [-0.25, -0.2) is 8.42 Å². The first-order valence-corrected chi connectivity index (χ1v) is 9.83. The lowest BCUT2D eigenvalue weighted by atomic mass is 10.1. The lowest BCUT2D eigenvalue weighted by molar-refractivity contribution is -0.134. The zero-order chi connectivity index (χ0) is 18.1. The van der Waals surface area contributed by atoms with Crippen LogP contribution in [0.2, 0.25) is 5.02 Å². The van der Waals surface area contributed by atoms with Crippen molar-refractivity contribution in [1.82, 2.24) is 4.90 Å². The fourth-order valence-electron chi connectivity index (χ4n) is 2.93. The Hall–Kier alpha value is -1.60. The van der Waals surface area contributed by atoms with E-state index in [2.05, 4.69) is 5.32 Å². The van der Waals surface area contributed by atoms with Crippen LogP contribution in [0.4, 0.5) is 5.69 Å². The highest BCUT2D eigenvalue weighted by Gasteiger charge is 2.34. The number of amides is 2. The number of nitrogens with one attached hydrogen (secondary N) is 1. The molecule has 1 aliphatic rings. The monoisotopic (exact) mass is 372 g/mol. The summed E-state index contributed by atoms with van der Waals surface area (Å²) < 4.78 is 23.2. The van der Waals surface area contributed by atoms with Gasteiger partial charge in [-0.15, -0.1) is 0 Å². The van der Waals surface area contributed by atoms with Crippen LogP contribution in [0.15, 0.2) is 12.1 Å². The van der Waals surface area contributed by atoms with Gasteiger partial charge in [-0.3, -0.25) is 9.59 Å². The second kappa shape index (κ2) is 7.11. The number of aryl methyl sites for hydroxylation is 2. The minimum absolute atomic E-state index is 0.0476. The molecule has 0 spiro atoms. The highest BCUT2D eigenvalue weighted by molar-refractivity contribution is 7.91. The first kappa shape index (κ1) is 18.7. The Kier molecular flexibility index (Phi) is 5.55. The van der Waals surface area contributed by atoms with Gasteiger partial charge in [-0.2, -0.15) is 0 Å². The van der Waals surface area contributed by atoms with Crippen molar-refractivity contribution in [3.05, 3.63) is 28.3 Å². The number of rotatable bonds is 4. The summed E-state index contributed by atoms with van der Waals surface area (Å²) >= 11 is 6.17. The summed E-state index contributed by atoms with van der Waals surface area (Å²) in [4.78, 5) is 25.5. The summed E-state index contributed by atoms with van der Waals surface area (Å²) in [7, 11) is -3.13. The zero-order valence-electron chi connectivity index (χ0n) is 13.9. The van der Waals surface area contributed by atoms with Crippen molar-refractivity contribution in [2.24, 2.45) is 0 Å². The molecule has 0 aromatic heterocycles. The molecule has 2 amide bonds. The van der Waals surface area contributed by atoms with Crippen molar-refractivity contribution in [1.29, 1.82) is 0 Å². The Morgan fingerprint density at radius 3 is 2.50 bits per heavy atom. The number of carbonyl (C=O) groups excluding carboxylic acids is 2. The fourth-order valence-corrected chi connectivity index (χ4v) is 5.03. The molecule has 1 unspecified atom stereocenters. The molecule has 2 rings (SSSR count). The van der Waals surface area contributed by atoms with Crippen LogP contribution in [-0.4, -0.2) is 49.2 Å². The van der Waals surface area contributed by atoms with Crippen molar-refractivity contribution in [3.63, 3.8) is 0 Å². The zero-order valence-corrected chi connectivity index (χ0v) is 15.5. The first-order valence-electron chi connectivity index (χ1n) is 7.63. The Bertz CT molecular complexity index is 753. The van der Waals surface area contributed by atoms with E-state index < -0.39 is 21.8 Å². The van der Waals surface area contributed by atoms with Crippen LogP contribution in [0.1, 0.15) is 24.5 Å². The predicted molar refractivity (Wildman–Crippen MR) is 94.0 cm³/mol. The largest absolute Gasteiger partial charge is 0.330 e. The molecule has 1 heterocycles. The van der Waals surface area contributed by atoms with Crippen molar-refractivity contribution < 1.29 is 18.0 Å². The van der Waals surface area contributed by atoms with Crippen LogP contribution < -0.4 is 5.32 Å². The number of benzene rings is 1. The van der Waals surface area contributed by atoms with Gasteiger partial charge in [0.2, 0.25) is 11.8 Å². The van der Waals surface area contributed by atoms with E-state index in [0.717, 1.165) is 11.1 Å². The molecule has 24 heavy (non-hydrogen) atoms. The van der Waals surface area contributed by atoms with Gasteiger partial charge in [0, 0.05) is 13.0 Å². The summed E-state index contributed by atoms with van der Waals surface area (Å²) in [6, 6.07) is 3.19. The van der Waals surface area contributed by atoms with E-state index in [1.54, 1.807) is 6.07 Å². The number of nitrogens with zero attached hydrogens (tertiary/aromatic N) is 1. The molecule has 1 aromatic rings. The molecule has 1 atom stereocenters. The molecule has 1 aromatic carbocycles. The van der Waals surface area contributed by atoms with Crippen LogP contribution in [0.3, 0.4) is 0 Å². The van der Waals surface area contributed by atoms with Gasteiger partial charge in [0.15, 0.2) is 9.84 Å². The SMILES string of the molecule is CC(=O)N(CC(=O)Nc1c(C)cc(C)cc1Cl)C1CCS(=O)(=O)C1. The lowest BCUT2D eigenvalue weighted by Crippen LogP contribution is -2.44. The van der Waals surface area contributed by atoms with Gasteiger partial charge in [-0.05, 0) is 37.5 Å². The number of hydrogen-bond acceptors (Lipinski definition) is 4. The molecule has 0 aliphatic carbocycles. The smallest absolute Gasteiger partial charge is 0.244 e. The van der Waals surface area contributed by atoms with E-state index >= 15 is 0 Å². The molecule has 1 saturated heterocycles. The Balaban J connectivity index is 2.11. The van der Waals surface area contributed by atoms with Crippen LogP contribution >= 0.6 is 11.6 Å². The Morgan fingerprint density at radius 2 is 2.00 bits per heavy atom. The van der Waals surface area contributed by atoms with Crippen LogP contribution in [0.25, 0.3) is 0 Å². The predicted octanol–water partition coefficient (Wildman–Crippen LogP) is 1.93. The number of hydrogen-bond donors (Lipinski definition) is 1. The average molecular weight is 373 g/mol. The summed E-state index contributed by atoms with van der Waals surface area (Å²) in [5.74, 6) is -0.766. The number of halogens is 1. The average Bonchev–Trinajstić information content (AvgIpc) is 2.79. The number of carbonyl (C=O) groups is 2. The summed E-state index contributed by atoms with van der Waals surface area (Å²) in [5.41, 5.74) is 2.32. The molecular weight excluding hydrogens is 352 g/mol. The molecule has 1 N–H and O–H groups in total. The maximum Gasteiger partial charge on any atom is 0.244 e. The molecule has 1 aliphatic heterocycles. The highest BCUT2D eigenvalue weighted by atomic mass is 35.5. The van der Waals surface area contributed by atoms with Gasteiger partial charge >= 0.3 is 0 Å². The maximum absolute atomic E-state index is 12.3. The Labute approximate surface area is 147 Å². The van der Waals surface area contributed by atoms with Gasteiger partial charge in [0.1, 0.15) is 6.54 Å². The van der Waals surface area contributed by atoms with Crippen molar-refractivity contribution in [2.75, 3.05) is 23.4 Å². The van der Waals surface area contributed by atoms with E-state index in [1.807, 2.05) is 19.9 Å². The second-order valence-electron chi connectivity index (χ2n) is 6.19. The second-order valence-corrected chi connectivity index (χ2v) is 8.83. The topological polar surface area (TPSA) is 83.6 Å². The summed E-state index contributed by atoms with van der Waals surface area (Å²) in [6.45, 7) is 4.88. The third-order valence-electron chi connectivity index (χ3n) is 4.06. The summed E-state index contributed by atoms with van der Waals surface area (Å²) in [5, 5.41) is 3.15. The first-order chi connectivity index (χ1) is 11.1. The highest BCUT2D eigenvalue weighted by Crippen LogP contribution is 2.27. The van der Waals surface area contributed by atoms with E-state index in [9.17, 15) is 18.0 Å². The van der Waals surface area contributed by atoms with E-state index in [-0.39, 0.29) is 24.0 Å². The third kappa shape index (κ3) is 4.48. The van der Waals surface area contributed by atoms with Gasteiger partial charge in [-0.1, -0.05) is 17.7 Å². The Morgan fingerprint density at radius 1 is 1.33 bits per heavy atom. The molecule has 0 bridgehead atoms. The molecule has 8 heteroatoms. The van der Waals surface area contributed by atoms with Crippen LogP contribution in [-0.2, 0) is 19.4 Å². The molecule has 0 radical (unpaired) electrons. The van der Waals surface area contributed by atoms with Crippen LogP contribution in [0, 0.1) is 13.8 Å². The van der Waals surface area contributed by atoms with Gasteiger partial charge in [0.25, 0.3) is 0 Å². The van der Waals surface area contributed by atoms with Crippen molar-refractivity contribution in [2.45, 2.75) is 33.2 Å². The van der Waals surface area contributed by atoms with Gasteiger partial charge < -0.3 is 10.2 Å². The van der Waals surface area contributed by atoms with E-state index in [4.69, 9.17) is 11.6 Å². The molecule has 132 valence electrons. The lowest BCUT2D eigenvalue weighted by Gasteiger charge is -2.26. The summed E-state index contributed by atoms with van der Waals surface area (Å²) in [6.07, 6.45) is 0.361.